The molecular formula is C8H14N4O. The minimum atomic E-state index is -0.00537. The fraction of sp³-hybridized carbons (Fsp3) is 0.750. The van der Waals surface area contributed by atoms with Gasteiger partial charge < -0.3 is 0 Å². The van der Waals surface area contributed by atoms with Crippen molar-refractivity contribution in [2.75, 3.05) is 0 Å². The van der Waals surface area contributed by atoms with Crippen molar-refractivity contribution in [1.82, 2.24) is 20.2 Å². The van der Waals surface area contributed by atoms with Crippen LogP contribution in [-0.2, 0) is 18.3 Å². The summed E-state index contributed by atoms with van der Waals surface area (Å²) in [6.45, 7) is 3.76. The van der Waals surface area contributed by atoms with E-state index >= 15 is 0 Å². The Labute approximate surface area is 77.1 Å². The summed E-state index contributed by atoms with van der Waals surface area (Å²) >= 11 is 0. The molecule has 1 unspecified atom stereocenters. The molecular weight excluding hydrogens is 168 g/mol. The summed E-state index contributed by atoms with van der Waals surface area (Å²) in [5.74, 6) is 0.874. The van der Waals surface area contributed by atoms with Crippen molar-refractivity contribution in [3.63, 3.8) is 0 Å². The van der Waals surface area contributed by atoms with E-state index < -0.39 is 0 Å². The van der Waals surface area contributed by atoms with Gasteiger partial charge in [-0.1, -0.05) is 13.8 Å². The quantitative estimate of drug-likeness (QED) is 0.675. The minimum Gasteiger partial charge on any atom is -0.299 e. The molecule has 1 heterocycles. The van der Waals surface area contributed by atoms with E-state index in [1.807, 2.05) is 13.8 Å². The molecule has 5 nitrogen and oxygen atoms in total. The SMILES string of the molecule is CCC(=O)C(C)Cc1nnn(C)n1. The summed E-state index contributed by atoms with van der Waals surface area (Å²) in [5.41, 5.74) is 0. The van der Waals surface area contributed by atoms with Crippen molar-refractivity contribution in [2.24, 2.45) is 13.0 Å². The molecule has 0 amide bonds. The van der Waals surface area contributed by atoms with Gasteiger partial charge in [0.25, 0.3) is 0 Å². The van der Waals surface area contributed by atoms with E-state index in [-0.39, 0.29) is 11.7 Å². The van der Waals surface area contributed by atoms with E-state index in [0.29, 0.717) is 18.7 Å². The Morgan fingerprint density at radius 1 is 1.62 bits per heavy atom. The first-order valence-corrected chi connectivity index (χ1v) is 4.39. The molecule has 0 aliphatic carbocycles. The number of nitrogens with zero attached hydrogens (tertiary/aromatic N) is 4. The van der Waals surface area contributed by atoms with Crippen molar-refractivity contribution in [2.45, 2.75) is 26.7 Å². The van der Waals surface area contributed by atoms with Crippen molar-refractivity contribution in [3.8, 4) is 0 Å². The predicted octanol–water partition coefficient (Wildman–Crippen LogP) is 0.368. The summed E-state index contributed by atoms with van der Waals surface area (Å²) in [5, 5.41) is 11.5. The Morgan fingerprint density at radius 2 is 2.31 bits per heavy atom. The summed E-state index contributed by atoms with van der Waals surface area (Å²) in [7, 11) is 1.71. The van der Waals surface area contributed by atoms with E-state index in [9.17, 15) is 4.79 Å². The summed E-state index contributed by atoms with van der Waals surface area (Å²) in [4.78, 5) is 12.6. The molecule has 72 valence electrons. The van der Waals surface area contributed by atoms with E-state index in [0.717, 1.165) is 0 Å². The second kappa shape index (κ2) is 4.11. The van der Waals surface area contributed by atoms with Crippen LogP contribution < -0.4 is 0 Å². The summed E-state index contributed by atoms with van der Waals surface area (Å²) in [6, 6.07) is 0. The Morgan fingerprint density at radius 3 is 2.77 bits per heavy atom. The number of hydrogen-bond donors (Lipinski definition) is 0. The van der Waals surface area contributed by atoms with Gasteiger partial charge in [0.05, 0.1) is 7.05 Å². The lowest BCUT2D eigenvalue weighted by molar-refractivity contribution is -0.122. The molecule has 0 saturated heterocycles. The Kier molecular flexibility index (Phi) is 3.11. The molecule has 0 aliphatic heterocycles. The molecule has 1 aromatic heterocycles. The van der Waals surface area contributed by atoms with Crippen LogP contribution >= 0.6 is 0 Å². The summed E-state index contributed by atoms with van der Waals surface area (Å²) < 4.78 is 0. The number of tetrazole rings is 1. The van der Waals surface area contributed by atoms with Gasteiger partial charge in [-0.15, -0.1) is 10.2 Å². The molecule has 0 aliphatic rings. The van der Waals surface area contributed by atoms with Gasteiger partial charge in [-0.2, -0.15) is 4.80 Å². The van der Waals surface area contributed by atoms with E-state index in [1.165, 1.54) is 4.80 Å². The van der Waals surface area contributed by atoms with E-state index in [4.69, 9.17) is 0 Å². The fourth-order valence-electron chi connectivity index (χ4n) is 1.14. The van der Waals surface area contributed by atoms with Crippen molar-refractivity contribution in [1.29, 1.82) is 0 Å². The van der Waals surface area contributed by atoms with Crippen molar-refractivity contribution in [3.05, 3.63) is 5.82 Å². The Hall–Kier alpha value is -1.26. The van der Waals surface area contributed by atoms with Crippen LogP contribution in [0.5, 0.6) is 0 Å². The molecule has 0 fully saturated rings. The molecule has 13 heavy (non-hydrogen) atoms. The molecule has 1 aromatic rings. The van der Waals surface area contributed by atoms with Gasteiger partial charge >= 0.3 is 0 Å². The molecule has 0 bridgehead atoms. The third-order valence-corrected chi connectivity index (χ3v) is 1.94. The number of aryl methyl sites for hydroxylation is 1. The monoisotopic (exact) mass is 182 g/mol. The second-order valence-corrected chi connectivity index (χ2v) is 3.12. The van der Waals surface area contributed by atoms with Crippen LogP contribution in [0.2, 0.25) is 0 Å². The lowest BCUT2D eigenvalue weighted by atomic mass is 10.0. The van der Waals surface area contributed by atoms with Gasteiger partial charge in [0.2, 0.25) is 0 Å². The van der Waals surface area contributed by atoms with E-state index in [1.54, 1.807) is 7.05 Å². The molecule has 0 spiro atoms. The molecule has 0 aromatic carbocycles. The van der Waals surface area contributed by atoms with Gasteiger partial charge in [0.1, 0.15) is 5.78 Å². The average Bonchev–Trinajstić information content (AvgIpc) is 2.49. The number of carbonyl (C=O) groups is 1. The standard InChI is InChI=1S/C8H14N4O/c1-4-7(13)6(2)5-8-9-11-12(3)10-8/h6H,4-5H2,1-3H3. The molecule has 0 saturated carbocycles. The maximum atomic E-state index is 11.2. The highest BCUT2D eigenvalue weighted by atomic mass is 16.1. The zero-order valence-electron chi connectivity index (χ0n) is 8.19. The van der Waals surface area contributed by atoms with Gasteiger partial charge in [0, 0.05) is 18.8 Å². The fourth-order valence-corrected chi connectivity index (χ4v) is 1.14. The number of hydrogen-bond acceptors (Lipinski definition) is 4. The first-order chi connectivity index (χ1) is 6.13. The third-order valence-electron chi connectivity index (χ3n) is 1.94. The smallest absolute Gasteiger partial charge is 0.175 e. The number of Topliss-reactive ketones (excluding diaryl/α,β-unsaturated/α-hetero) is 1. The van der Waals surface area contributed by atoms with Crippen LogP contribution in [0.15, 0.2) is 0 Å². The third kappa shape index (κ3) is 2.61. The maximum Gasteiger partial charge on any atom is 0.175 e. The predicted molar refractivity (Wildman–Crippen MR) is 47.0 cm³/mol. The lowest BCUT2D eigenvalue weighted by Crippen LogP contribution is -2.13. The number of carbonyl (C=O) groups excluding carboxylic acids is 1. The van der Waals surface area contributed by atoms with Crippen LogP contribution in [0, 0.1) is 5.92 Å². The first-order valence-electron chi connectivity index (χ1n) is 4.39. The number of ketones is 1. The highest BCUT2D eigenvalue weighted by Crippen LogP contribution is 2.05. The molecule has 1 rings (SSSR count). The molecule has 0 radical (unpaired) electrons. The Bertz CT molecular complexity index is 294. The number of rotatable bonds is 4. The van der Waals surface area contributed by atoms with Crippen LogP contribution in [-0.4, -0.2) is 26.0 Å². The lowest BCUT2D eigenvalue weighted by Gasteiger charge is -2.04. The molecule has 5 heteroatoms. The highest BCUT2D eigenvalue weighted by Gasteiger charge is 2.13. The normalized spacial score (nSPS) is 12.8. The van der Waals surface area contributed by atoms with Gasteiger partial charge in [-0.3, -0.25) is 4.79 Å². The van der Waals surface area contributed by atoms with Gasteiger partial charge in [0.15, 0.2) is 5.82 Å². The summed E-state index contributed by atoms with van der Waals surface area (Å²) in [6.07, 6.45) is 1.15. The first kappa shape index (κ1) is 9.83. The zero-order valence-corrected chi connectivity index (χ0v) is 8.19. The Balaban J connectivity index is 2.54. The molecule has 1 atom stereocenters. The molecule has 0 N–H and O–H groups in total. The average molecular weight is 182 g/mol. The van der Waals surface area contributed by atoms with Crippen LogP contribution in [0.4, 0.5) is 0 Å². The van der Waals surface area contributed by atoms with Crippen LogP contribution in [0.1, 0.15) is 26.1 Å². The van der Waals surface area contributed by atoms with Gasteiger partial charge in [-0.05, 0) is 5.21 Å². The maximum absolute atomic E-state index is 11.2. The van der Waals surface area contributed by atoms with E-state index in [2.05, 4.69) is 15.4 Å². The van der Waals surface area contributed by atoms with Crippen LogP contribution in [0.25, 0.3) is 0 Å². The minimum absolute atomic E-state index is 0.00537. The van der Waals surface area contributed by atoms with Crippen molar-refractivity contribution >= 4 is 5.78 Å². The van der Waals surface area contributed by atoms with Crippen molar-refractivity contribution < 1.29 is 4.79 Å². The topological polar surface area (TPSA) is 60.7 Å². The zero-order chi connectivity index (χ0) is 9.84. The highest BCUT2D eigenvalue weighted by molar-refractivity contribution is 5.80. The number of aromatic nitrogens is 4. The van der Waals surface area contributed by atoms with Gasteiger partial charge in [-0.25, -0.2) is 0 Å². The van der Waals surface area contributed by atoms with Crippen LogP contribution in [0.3, 0.4) is 0 Å². The largest absolute Gasteiger partial charge is 0.299 e. The second-order valence-electron chi connectivity index (χ2n) is 3.12.